The van der Waals surface area contributed by atoms with Crippen LogP contribution in [0.5, 0.6) is 0 Å². The predicted octanol–water partition coefficient (Wildman–Crippen LogP) is 2.94. The van der Waals surface area contributed by atoms with Gasteiger partial charge in [-0.15, -0.1) is 0 Å². The van der Waals surface area contributed by atoms with Gasteiger partial charge in [0.1, 0.15) is 0 Å². The molecule has 2 heteroatoms. The lowest BCUT2D eigenvalue weighted by molar-refractivity contribution is 0.344. The van der Waals surface area contributed by atoms with Gasteiger partial charge in [-0.2, -0.15) is 0 Å². The van der Waals surface area contributed by atoms with E-state index in [2.05, 4.69) is 65.1 Å². The number of hydrogen-bond donors (Lipinski definition) is 0. The van der Waals surface area contributed by atoms with Gasteiger partial charge < -0.3 is 4.90 Å². The molecule has 0 saturated heterocycles. The van der Waals surface area contributed by atoms with E-state index in [1.165, 1.54) is 5.56 Å². The van der Waals surface area contributed by atoms with Crippen LogP contribution in [0.15, 0.2) is 30.3 Å². The maximum absolute atomic E-state index is 3.56. The maximum atomic E-state index is 3.56. The molecule has 0 N–H and O–H groups in total. The zero-order valence-corrected chi connectivity index (χ0v) is 10.5. The standard InChI is InChI=1S/C12H18BrN/c1-11(13)10-14(2)9-8-12-6-4-3-5-7-12/h3-7,11H,8-10H2,1-2H3. The zero-order chi connectivity index (χ0) is 10.4. The number of halogens is 1. The Labute approximate surface area is 95.2 Å². The number of rotatable bonds is 5. The molecule has 1 unspecified atom stereocenters. The lowest BCUT2D eigenvalue weighted by Crippen LogP contribution is -2.26. The van der Waals surface area contributed by atoms with Crippen molar-refractivity contribution >= 4 is 15.9 Å². The highest BCUT2D eigenvalue weighted by Crippen LogP contribution is 2.03. The summed E-state index contributed by atoms with van der Waals surface area (Å²) in [5, 5.41) is 0. The lowest BCUT2D eigenvalue weighted by atomic mass is 10.1. The first-order valence-electron chi connectivity index (χ1n) is 5.05. The SMILES string of the molecule is CC(Br)CN(C)CCc1ccccc1. The molecule has 1 rings (SSSR count). The van der Waals surface area contributed by atoms with Crippen LogP contribution in [0.1, 0.15) is 12.5 Å². The molecular weight excluding hydrogens is 238 g/mol. The topological polar surface area (TPSA) is 3.24 Å². The first kappa shape index (κ1) is 11.7. The van der Waals surface area contributed by atoms with Crippen molar-refractivity contribution in [2.45, 2.75) is 18.2 Å². The number of hydrogen-bond acceptors (Lipinski definition) is 1. The van der Waals surface area contributed by atoms with Gasteiger partial charge in [-0.05, 0) is 19.0 Å². The van der Waals surface area contributed by atoms with Crippen molar-refractivity contribution in [1.29, 1.82) is 0 Å². The molecule has 0 heterocycles. The van der Waals surface area contributed by atoms with Crippen LogP contribution in [0.4, 0.5) is 0 Å². The third kappa shape index (κ3) is 4.77. The van der Waals surface area contributed by atoms with E-state index in [1.807, 2.05) is 0 Å². The second-order valence-electron chi connectivity index (χ2n) is 3.78. The molecule has 0 amide bonds. The smallest absolute Gasteiger partial charge is 0.0244 e. The molecule has 0 aliphatic carbocycles. The quantitative estimate of drug-likeness (QED) is 0.732. The number of nitrogens with zero attached hydrogens (tertiary/aromatic N) is 1. The van der Waals surface area contributed by atoms with E-state index >= 15 is 0 Å². The normalized spacial score (nSPS) is 13.1. The molecule has 0 aromatic heterocycles. The van der Waals surface area contributed by atoms with Crippen molar-refractivity contribution < 1.29 is 0 Å². The molecule has 1 aromatic rings. The molecule has 0 spiro atoms. The van der Waals surface area contributed by atoms with Crippen molar-refractivity contribution in [1.82, 2.24) is 4.90 Å². The van der Waals surface area contributed by atoms with Crippen LogP contribution in [0.3, 0.4) is 0 Å². The fourth-order valence-electron chi connectivity index (χ4n) is 1.49. The van der Waals surface area contributed by atoms with Crippen LogP contribution >= 0.6 is 15.9 Å². The molecule has 0 aliphatic rings. The molecule has 0 aliphatic heterocycles. The van der Waals surface area contributed by atoms with Crippen molar-refractivity contribution in [3.05, 3.63) is 35.9 Å². The number of alkyl halides is 1. The fraction of sp³-hybridized carbons (Fsp3) is 0.500. The van der Waals surface area contributed by atoms with Gasteiger partial charge in [0.05, 0.1) is 0 Å². The van der Waals surface area contributed by atoms with E-state index in [0.29, 0.717) is 4.83 Å². The predicted molar refractivity (Wildman–Crippen MR) is 66.0 cm³/mol. The summed E-state index contributed by atoms with van der Waals surface area (Å²) in [6.45, 7) is 4.41. The highest BCUT2D eigenvalue weighted by Gasteiger charge is 2.02. The Morgan fingerprint density at radius 2 is 1.93 bits per heavy atom. The van der Waals surface area contributed by atoms with Crippen LogP contribution < -0.4 is 0 Å². The molecule has 1 atom stereocenters. The first-order valence-corrected chi connectivity index (χ1v) is 5.96. The third-order valence-corrected chi connectivity index (χ3v) is 2.48. The minimum Gasteiger partial charge on any atom is -0.305 e. The first-order chi connectivity index (χ1) is 6.68. The van der Waals surface area contributed by atoms with Crippen molar-refractivity contribution in [3.8, 4) is 0 Å². The van der Waals surface area contributed by atoms with Crippen LogP contribution in [0.25, 0.3) is 0 Å². The van der Waals surface area contributed by atoms with Crippen LogP contribution in [-0.2, 0) is 6.42 Å². The van der Waals surface area contributed by atoms with E-state index in [4.69, 9.17) is 0 Å². The van der Waals surface area contributed by atoms with E-state index in [1.54, 1.807) is 0 Å². The van der Waals surface area contributed by atoms with Gasteiger partial charge in [0.15, 0.2) is 0 Å². The van der Waals surface area contributed by atoms with Gasteiger partial charge in [-0.25, -0.2) is 0 Å². The van der Waals surface area contributed by atoms with Gasteiger partial charge in [-0.3, -0.25) is 0 Å². The second kappa shape index (κ2) is 6.20. The van der Waals surface area contributed by atoms with Gasteiger partial charge in [-0.1, -0.05) is 53.2 Å². The van der Waals surface area contributed by atoms with E-state index in [-0.39, 0.29) is 0 Å². The Morgan fingerprint density at radius 3 is 2.50 bits per heavy atom. The number of likely N-dealkylation sites (N-methyl/N-ethyl adjacent to an activating group) is 1. The minimum atomic E-state index is 0.572. The van der Waals surface area contributed by atoms with Crippen molar-refractivity contribution in [2.24, 2.45) is 0 Å². The third-order valence-electron chi connectivity index (χ3n) is 2.19. The fourth-order valence-corrected chi connectivity index (χ4v) is 1.98. The summed E-state index contributed by atoms with van der Waals surface area (Å²) in [6, 6.07) is 10.6. The summed E-state index contributed by atoms with van der Waals surface area (Å²) in [6.07, 6.45) is 1.14. The molecule has 78 valence electrons. The Balaban J connectivity index is 2.27. The summed E-state index contributed by atoms with van der Waals surface area (Å²) in [4.78, 5) is 2.93. The Bertz CT molecular complexity index is 246. The minimum absolute atomic E-state index is 0.572. The zero-order valence-electron chi connectivity index (χ0n) is 8.91. The summed E-state index contributed by atoms with van der Waals surface area (Å²) in [7, 11) is 2.17. The lowest BCUT2D eigenvalue weighted by Gasteiger charge is -2.17. The Kier molecular flexibility index (Phi) is 5.20. The van der Waals surface area contributed by atoms with Gasteiger partial charge in [0, 0.05) is 17.9 Å². The van der Waals surface area contributed by atoms with Crippen LogP contribution in [0, 0.1) is 0 Å². The molecule has 14 heavy (non-hydrogen) atoms. The summed E-state index contributed by atoms with van der Waals surface area (Å²) < 4.78 is 0. The highest BCUT2D eigenvalue weighted by atomic mass is 79.9. The van der Waals surface area contributed by atoms with Crippen LogP contribution in [0.2, 0.25) is 0 Å². The van der Waals surface area contributed by atoms with Crippen LogP contribution in [-0.4, -0.2) is 29.9 Å². The average Bonchev–Trinajstić information content (AvgIpc) is 2.15. The van der Waals surface area contributed by atoms with Gasteiger partial charge in [0.2, 0.25) is 0 Å². The molecule has 0 radical (unpaired) electrons. The summed E-state index contributed by atoms with van der Waals surface area (Å²) in [5.74, 6) is 0. The monoisotopic (exact) mass is 255 g/mol. The highest BCUT2D eigenvalue weighted by molar-refractivity contribution is 9.09. The van der Waals surface area contributed by atoms with E-state index in [9.17, 15) is 0 Å². The second-order valence-corrected chi connectivity index (χ2v) is 5.34. The van der Waals surface area contributed by atoms with Crippen molar-refractivity contribution in [2.75, 3.05) is 20.1 Å². The molecule has 1 aromatic carbocycles. The van der Waals surface area contributed by atoms with Gasteiger partial charge >= 0.3 is 0 Å². The summed E-state index contributed by atoms with van der Waals surface area (Å²) >= 11 is 3.56. The summed E-state index contributed by atoms with van der Waals surface area (Å²) in [5.41, 5.74) is 1.42. The molecular formula is C12H18BrN. The largest absolute Gasteiger partial charge is 0.305 e. The average molecular weight is 256 g/mol. The molecule has 0 fully saturated rings. The van der Waals surface area contributed by atoms with Gasteiger partial charge in [0.25, 0.3) is 0 Å². The number of benzene rings is 1. The molecule has 0 bridgehead atoms. The molecule has 0 saturated carbocycles. The van der Waals surface area contributed by atoms with E-state index in [0.717, 1.165) is 19.5 Å². The molecule has 1 nitrogen and oxygen atoms in total. The Hall–Kier alpha value is -0.340. The maximum Gasteiger partial charge on any atom is 0.0244 e. The van der Waals surface area contributed by atoms with Crippen molar-refractivity contribution in [3.63, 3.8) is 0 Å². The Morgan fingerprint density at radius 1 is 1.29 bits per heavy atom. The van der Waals surface area contributed by atoms with E-state index < -0.39 is 0 Å².